The molecule has 1 aromatic carbocycles. The van der Waals surface area contributed by atoms with Crippen LogP contribution in [0.15, 0.2) is 29.4 Å². The zero-order valence-electron chi connectivity index (χ0n) is 13.7. The SMILES string of the molecule is CNC(=O)NC(=O)CCSc1nnc(-c2ccccc2F)n1C1CC1. The van der Waals surface area contributed by atoms with E-state index < -0.39 is 6.03 Å². The minimum absolute atomic E-state index is 0.171. The van der Waals surface area contributed by atoms with Crippen molar-refractivity contribution in [2.75, 3.05) is 12.8 Å². The lowest BCUT2D eigenvalue weighted by molar-refractivity contribution is -0.119. The van der Waals surface area contributed by atoms with Gasteiger partial charge in [-0.3, -0.25) is 14.7 Å². The Balaban J connectivity index is 1.70. The lowest BCUT2D eigenvalue weighted by Gasteiger charge is -2.09. The Morgan fingerprint density at radius 3 is 2.76 bits per heavy atom. The van der Waals surface area contributed by atoms with Crippen molar-refractivity contribution in [2.45, 2.75) is 30.5 Å². The molecule has 1 heterocycles. The van der Waals surface area contributed by atoms with Crippen molar-refractivity contribution in [1.29, 1.82) is 0 Å². The summed E-state index contributed by atoms with van der Waals surface area (Å²) in [5, 5.41) is 13.5. The molecule has 0 radical (unpaired) electrons. The van der Waals surface area contributed by atoms with Crippen molar-refractivity contribution in [2.24, 2.45) is 0 Å². The standard InChI is InChI=1S/C16H18FN5O2S/c1-18-15(24)19-13(23)8-9-25-16-21-20-14(22(16)10-6-7-10)11-4-2-3-5-12(11)17/h2-5,10H,6-9H2,1H3,(H2,18,19,23,24). The summed E-state index contributed by atoms with van der Waals surface area (Å²) in [5.41, 5.74) is 0.422. The number of halogens is 1. The molecule has 9 heteroatoms. The maximum absolute atomic E-state index is 14.1. The number of hydrogen-bond donors (Lipinski definition) is 2. The van der Waals surface area contributed by atoms with E-state index in [0.29, 0.717) is 22.3 Å². The number of carbonyl (C=O) groups is 2. The van der Waals surface area contributed by atoms with Crippen molar-refractivity contribution in [3.8, 4) is 11.4 Å². The van der Waals surface area contributed by atoms with Gasteiger partial charge in [0.15, 0.2) is 11.0 Å². The maximum Gasteiger partial charge on any atom is 0.321 e. The highest BCUT2D eigenvalue weighted by Gasteiger charge is 2.30. The highest BCUT2D eigenvalue weighted by Crippen LogP contribution is 2.41. The van der Waals surface area contributed by atoms with Crippen LogP contribution in [0.25, 0.3) is 11.4 Å². The van der Waals surface area contributed by atoms with E-state index in [1.807, 2.05) is 4.57 Å². The van der Waals surface area contributed by atoms with Gasteiger partial charge in [-0.05, 0) is 25.0 Å². The summed E-state index contributed by atoms with van der Waals surface area (Å²) in [7, 11) is 1.44. The third-order valence-electron chi connectivity index (χ3n) is 3.73. The third-order valence-corrected chi connectivity index (χ3v) is 4.68. The molecule has 2 aromatic rings. The molecule has 0 saturated heterocycles. The number of hydrogen-bond acceptors (Lipinski definition) is 5. The van der Waals surface area contributed by atoms with Crippen LogP contribution in [0, 0.1) is 5.82 Å². The minimum Gasteiger partial charge on any atom is -0.341 e. The molecule has 25 heavy (non-hydrogen) atoms. The highest BCUT2D eigenvalue weighted by molar-refractivity contribution is 7.99. The maximum atomic E-state index is 14.1. The summed E-state index contributed by atoms with van der Waals surface area (Å²) in [6.45, 7) is 0. The fraction of sp³-hybridized carbons (Fsp3) is 0.375. The summed E-state index contributed by atoms with van der Waals surface area (Å²) < 4.78 is 16.0. The lowest BCUT2D eigenvalue weighted by Crippen LogP contribution is -2.37. The van der Waals surface area contributed by atoms with Crippen LogP contribution in [-0.2, 0) is 4.79 Å². The fourth-order valence-corrected chi connectivity index (χ4v) is 3.29. The molecule has 0 aliphatic heterocycles. The van der Waals surface area contributed by atoms with Gasteiger partial charge in [0, 0.05) is 25.3 Å². The van der Waals surface area contributed by atoms with Crippen LogP contribution in [0.3, 0.4) is 0 Å². The first-order valence-electron chi connectivity index (χ1n) is 7.94. The fourth-order valence-electron chi connectivity index (χ4n) is 2.35. The summed E-state index contributed by atoms with van der Waals surface area (Å²) in [4.78, 5) is 22.7. The topological polar surface area (TPSA) is 88.9 Å². The number of nitrogens with zero attached hydrogens (tertiary/aromatic N) is 3. The van der Waals surface area contributed by atoms with Crippen LogP contribution in [-0.4, -0.2) is 39.5 Å². The molecule has 1 saturated carbocycles. The molecule has 0 atom stereocenters. The molecular weight excluding hydrogens is 345 g/mol. The number of benzene rings is 1. The average molecular weight is 363 g/mol. The van der Waals surface area contributed by atoms with Crippen molar-refractivity contribution in [1.82, 2.24) is 25.4 Å². The van der Waals surface area contributed by atoms with Gasteiger partial charge in [0.1, 0.15) is 5.82 Å². The Morgan fingerprint density at radius 1 is 1.32 bits per heavy atom. The van der Waals surface area contributed by atoms with Gasteiger partial charge in [-0.1, -0.05) is 23.9 Å². The van der Waals surface area contributed by atoms with Gasteiger partial charge in [0.2, 0.25) is 5.91 Å². The Hall–Kier alpha value is -2.42. The molecule has 0 unspecified atom stereocenters. The summed E-state index contributed by atoms with van der Waals surface area (Å²) >= 11 is 1.37. The number of amides is 3. The average Bonchev–Trinajstić information content (AvgIpc) is 3.35. The van der Waals surface area contributed by atoms with E-state index in [4.69, 9.17) is 0 Å². The molecule has 1 aliphatic rings. The quantitative estimate of drug-likeness (QED) is 0.769. The van der Waals surface area contributed by atoms with Crippen molar-refractivity contribution in [3.63, 3.8) is 0 Å². The molecular formula is C16H18FN5O2S. The van der Waals surface area contributed by atoms with E-state index in [2.05, 4.69) is 20.8 Å². The minimum atomic E-state index is -0.530. The molecule has 132 valence electrons. The van der Waals surface area contributed by atoms with Crippen molar-refractivity contribution < 1.29 is 14.0 Å². The monoisotopic (exact) mass is 363 g/mol. The number of rotatable bonds is 6. The molecule has 1 aromatic heterocycles. The molecule has 7 nitrogen and oxygen atoms in total. The van der Waals surface area contributed by atoms with Gasteiger partial charge in [0.25, 0.3) is 0 Å². The molecule has 0 spiro atoms. The van der Waals surface area contributed by atoms with Gasteiger partial charge in [-0.25, -0.2) is 9.18 Å². The number of thioether (sulfide) groups is 1. The molecule has 3 amide bonds. The normalized spacial score (nSPS) is 13.5. The molecule has 0 bridgehead atoms. The number of aromatic nitrogens is 3. The van der Waals surface area contributed by atoms with E-state index >= 15 is 0 Å². The van der Waals surface area contributed by atoms with Crippen LogP contribution in [0.2, 0.25) is 0 Å². The summed E-state index contributed by atoms with van der Waals surface area (Å²) in [6.07, 6.45) is 2.18. The Kier molecular flexibility index (Phi) is 5.32. The van der Waals surface area contributed by atoms with Gasteiger partial charge < -0.3 is 5.32 Å². The van der Waals surface area contributed by atoms with Crippen LogP contribution < -0.4 is 10.6 Å². The van der Waals surface area contributed by atoms with Gasteiger partial charge >= 0.3 is 6.03 Å². The Labute approximate surface area is 148 Å². The van der Waals surface area contributed by atoms with E-state index in [1.54, 1.807) is 18.2 Å². The number of urea groups is 1. The summed E-state index contributed by atoms with van der Waals surface area (Å²) in [5.74, 6) is 0.264. The van der Waals surface area contributed by atoms with Crippen molar-refractivity contribution in [3.05, 3.63) is 30.1 Å². The predicted octanol–water partition coefficient (Wildman–Crippen LogP) is 2.36. The summed E-state index contributed by atoms with van der Waals surface area (Å²) in [6, 6.07) is 6.22. The molecule has 2 N–H and O–H groups in total. The van der Waals surface area contributed by atoms with Crippen LogP contribution in [0.5, 0.6) is 0 Å². The van der Waals surface area contributed by atoms with Crippen molar-refractivity contribution >= 4 is 23.7 Å². The van der Waals surface area contributed by atoms with Crippen LogP contribution in [0.1, 0.15) is 25.3 Å². The van der Waals surface area contributed by atoms with Gasteiger partial charge in [-0.2, -0.15) is 0 Å². The number of nitrogens with one attached hydrogen (secondary N) is 2. The second-order valence-corrected chi connectivity index (χ2v) is 6.68. The lowest BCUT2D eigenvalue weighted by atomic mass is 10.2. The zero-order valence-corrected chi connectivity index (χ0v) is 14.5. The molecule has 3 rings (SSSR count). The first-order chi connectivity index (χ1) is 12.1. The van der Waals surface area contributed by atoms with Crippen LogP contribution in [0.4, 0.5) is 9.18 Å². The second-order valence-electron chi connectivity index (χ2n) is 5.61. The molecule has 1 aliphatic carbocycles. The van der Waals surface area contributed by atoms with Gasteiger partial charge in [0.05, 0.1) is 5.56 Å². The van der Waals surface area contributed by atoms with E-state index in [1.165, 1.54) is 24.9 Å². The van der Waals surface area contributed by atoms with Crippen LogP contribution >= 0.6 is 11.8 Å². The van der Waals surface area contributed by atoms with E-state index in [9.17, 15) is 14.0 Å². The van der Waals surface area contributed by atoms with E-state index in [-0.39, 0.29) is 24.2 Å². The highest BCUT2D eigenvalue weighted by atomic mass is 32.2. The number of imide groups is 1. The largest absolute Gasteiger partial charge is 0.341 e. The second kappa shape index (κ2) is 7.64. The van der Waals surface area contributed by atoms with E-state index in [0.717, 1.165) is 12.8 Å². The smallest absolute Gasteiger partial charge is 0.321 e. The predicted molar refractivity (Wildman–Crippen MR) is 91.6 cm³/mol. The first kappa shape index (κ1) is 17.4. The Morgan fingerprint density at radius 2 is 2.08 bits per heavy atom. The number of carbonyl (C=O) groups excluding carboxylic acids is 2. The third kappa shape index (κ3) is 4.16. The zero-order chi connectivity index (χ0) is 17.8. The first-order valence-corrected chi connectivity index (χ1v) is 8.93. The van der Waals surface area contributed by atoms with Gasteiger partial charge in [-0.15, -0.1) is 10.2 Å². The molecule has 1 fully saturated rings. The Bertz CT molecular complexity index is 791.